The van der Waals surface area contributed by atoms with E-state index in [4.69, 9.17) is 16.8 Å². The summed E-state index contributed by atoms with van der Waals surface area (Å²) in [5.41, 5.74) is 2.32. The second-order valence-corrected chi connectivity index (χ2v) is 3.61. The second kappa shape index (κ2) is 3.42. The SMILES string of the molecule is O=C1CCc2cc(C=NO)c(Cl)cc21. The molecule has 3 nitrogen and oxygen atoms in total. The minimum absolute atomic E-state index is 0.134. The predicted octanol–water partition coefficient (Wildman–Crippen LogP) is 2.28. The van der Waals surface area contributed by atoms with Gasteiger partial charge in [0.15, 0.2) is 5.78 Å². The van der Waals surface area contributed by atoms with E-state index in [1.807, 2.05) is 0 Å². The topological polar surface area (TPSA) is 49.7 Å². The minimum atomic E-state index is 0.134. The summed E-state index contributed by atoms with van der Waals surface area (Å²) in [6.07, 6.45) is 2.56. The maximum Gasteiger partial charge on any atom is 0.163 e. The number of fused-ring (bicyclic) bond motifs is 1. The van der Waals surface area contributed by atoms with Crippen LogP contribution in [-0.2, 0) is 6.42 Å². The molecule has 0 amide bonds. The van der Waals surface area contributed by atoms with Crippen LogP contribution in [0.15, 0.2) is 17.3 Å². The fourth-order valence-electron chi connectivity index (χ4n) is 1.65. The van der Waals surface area contributed by atoms with Gasteiger partial charge in [0.1, 0.15) is 0 Å². The van der Waals surface area contributed by atoms with Crippen LogP contribution >= 0.6 is 11.6 Å². The predicted molar refractivity (Wildman–Crippen MR) is 53.5 cm³/mol. The number of benzene rings is 1. The van der Waals surface area contributed by atoms with Gasteiger partial charge in [-0.25, -0.2) is 0 Å². The molecule has 0 aromatic heterocycles. The van der Waals surface area contributed by atoms with E-state index in [0.717, 1.165) is 12.0 Å². The zero-order valence-electron chi connectivity index (χ0n) is 7.33. The number of nitrogens with zero attached hydrogens (tertiary/aromatic N) is 1. The van der Waals surface area contributed by atoms with Crippen LogP contribution in [0.25, 0.3) is 0 Å². The maximum absolute atomic E-state index is 11.3. The third-order valence-electron chi connectivity index (χ3n) is 2.34. The Balaban J connectivity index is 2.55. The maximum atomic E-state index is 11.3. The van der Waals surface area contributed by atoms with E-state index in [0.29, 0.717) is 22.6 Å². The molecule has 72 valence electrons. The third kappa shape index (κ3) is 1.40. The van der Waals surface area contributed by atoms with Crippen molar-refractivity contribution in [2.24, 2.45) is 5.16 Å². The summed E-state index contributed by atoms with van der Waals surface area (Å²) >= 11 is 5.90. The highest BCUT2D eigenvalue weighted by Gasteiger charge is 2.20. The zero-order valence-corrected chi connectivity index (χ0v) is 8.08. The molecule has 1 N–H and O–H groups in total. The Labute approximate surface area is 86.0 Å². The number of hydrogen-bond donors (Lipinski definition) is 1. The molecule has 1 aliphatic rings. The number of aryl methyl sites for hydroxylation is 1. The zero-order chi connectivity index (χ0) is 10.1. The number of hydrogen-bond acceptors (Lipinski definition) is 3. The lowest BCUT2D eigenvalue weighted by molar-refractivity contribution is 0.0994. The van der Waals surface area contributed by atoms with Gasteiger partial charge in [0.25, 0.3) is 0 Å². The van der Waals surface area contributed by atoms with Crippen molar-refractivity contribution in [3.05, 3.63) is 33.8 Å². The van der Waals surface area contributed by atoms with Gasteiger partial charge in [0, 0.05) is 17.5 Å². The van der Waals surface area contributed by atoms with E-state index in [2.05, 4.69) is 5.16 Å². The fourth-order valence-corrected chi connectivity index (χ4v) is 1.86. The van der Waals surface area contributed by atoms with Crippen molar-refractivity contribution in [3.63, 3.8) is 0 Å². The van der Waals surface area contributed by atoms with Gasteiger partial charge in [-0.05, 0) is 24.1 Å². The number of halogens is 1. The van der Waals surface area contributed by atoms with Gasteiger partial charge in [-0.2, -0.15) is 0 Å². The Bertz CT molecular complexity index is 426. The highest BCUT2D eigenvalue weighted by atomic mass is 35.5. The molecular formula is C10H8ClNO2. The van der Waals surface area contributed by atoms with Gasteiger partial charge in [-0.1, -0.05) is 16.8 Å². The molecular weight excluding hydrogens is 202 g/mol. The van der Waals surface area contributed by atoms with E-state index >= 15 is 0 Å². The van der Waals surface area contributed by atoms with E-state index in [1.165, 1.54) is 6.21 Å². The number of rotatable bonds is 1. The molecule has 0 saturated heterocycles. The molecule has 1 aromatic carbocycles. The van der Waals surface area contributed by atoms with Crippen LogP contribution in [0.3, 0.4) is 0 Å². The normalized spacial score (nSPS) is 15.1. The van der Waals surface area contributed by atoms with Gasteiger partial charge >= 0.3 is 0 Å². The fraction of sp³-hybridized carbons (Fsp3) is 0.200. The molecule has 4 heteroatoms. The van der Waals surface area contributed by atoms with Crippen LogP contribution in [0.2, 0.25) is 5.02 Å². The van der Waals surface area contributed by atoms with Crippen molar-refractivity contribution < 1.29 is 10.0 Å². The summed E-state index contributed by atoms with van der Waals surface area (Å²) in [4.78, 5) is 11.3. The molecule has 0 heterocycles. The highest BCUT2D eigenvalue weighted by Crippen LogP contribution is 2.27. The lowest BCUT2D eigenvalue weighted by Gasteiger charge is -2.01. The van der Waals surface area contributed by atoms with Crippen LogP contribution in [0.4, 0.5) is 0 Å². The molecule has 0 radical (unpaired) electrons. The number of ketones is 1. The van der Waals surface area contributed by atoms with Gasteiger partial charge in [-0.15, -0.1) is 0 Å². The van der Waals surface area contributed by atoms with Crippen LogP contribution in [0, 0.1) is 0 Å². The van der Waals surface area contributed by atoms with Crippen molar-refractivity contribution >= 4 is 23.6 Å². The number of carbonyl (C=O) groups excluding carboxylic acids is 1. The monoisotopic (exact) mass is 209 g/mol. The van der Waals surface area contributed by atoms with Gasteiger partial charge in [0.05, 0.1) is 11.2 Å². The lowest BCUT2D eigenvalue weighted by Crippen LogP contribution is -1.93. The molecule has 0 aliphatic heterocycles. The van der Waals surface area contributed by atoms with Crippen molar-refractivity contribution in [1.82, 2.24) is 0 Å². The number of oxime groups is 1. The molecule has 1 aliphatic carbocycles. The van der Waals surface area contributed by atoms with Crippen molar-refractivity contribution in [1.29, 1.82) is 0 Å². The lowest BCUT2D eigenvalue weighted by atomic mass is 10.1. The molecule has 0 saturated carbocycles. The third-order valence-corrected chi connectivity index (χ3v) is 2.67. The smallest absolute Gasteiger partial charge is 0.163 e. The Hall–Kier alpha value is -1.35. The molecule has 0 fully saturated rings. The van der Waals surface area contributed by atoms with Gasteiger partial charge < -0.3 is 5.21 Å². The summed E-state index contributed by atoms with van der Waals surface area (Å²) < 4.78 is 0. The van der Waals surface area contributed by atoms with Crippen molar-refractivity contribution in [2.45, 2.75) is 12.8 Å². The molecule has 0 spiro atoms. The van der Waals surface area contributed by atoms with E-state index in [9.17, 15) is 4.79 Å². The first-order valence-electron chi connectivity index (χ1n) is 4.25. The first-order chi connectivity index (χ1) is 6.72. The largest absolute Gasteiger partial charge is 0.411 e. The number of Topliss-reactive ketones (excluding diaryl/α,β-unsaturated/α-hetero) is 1. The molecule has 2 rings (SSSR count). The quantitative estimate of drug-likeness (QED) is 0.438. The molecule has 0 unspecified atom stereocenters. The van der Waals surface area contributed by atoms with Crippen molar-refractivity contribution in [2.75, 3.05) is 0 Å². The van der Waals surface area contributed by atoms with Gasteiger partial charge in [-0.3, -0.25) is 4.79 Å². The Kier molecular flexibility index (Phi) is 2.25. The second-order valence-electron chi connectivity index (χ2n) is 3.20. The molecule has 14 heavy (non-hydrogen) atoms. The molecule has 1 aromatic rings. The molecule has 0 bridgehead atoms. The standard InChI is InChI=1S/C10H8ClNO2/c11-9-4-8-6(1-2-10(8)13)3-7(9)5-12-14/h3-5,14H,1-2H2. The summed E-state index contributed by atoms with van der Waals surface area (Å²) in [5, 5.41) is 11.7. The van der Waals surface area contributed by atoms with Crippen molar-refractivity contribution in [3.8, 4) is 0 Å². The number of carbonyl (C=O) groups is 1. The molecule has 0 atom stereocenters. The summed E-state index contributed by atoms with van der Waals surface area (Å²) in [5.74, 6) is 0.134. The van der Waals surface area contributed by atoms with Gasteiger partial charge in [0.2, 0.25) is 0 Å². The van der Waals surface area contributed by atoms with Crippen LogP contribution in [-0.4, -0.2) is 17.2 Å². The first kappa shape index (κ1) is 9.21. The Morgan fingerprint density at radius 2 is 2.21 bits per heavy atom. The van der Waals surface area contributed by atoms with E-state index < -0.39 is 0 Å². The van der Waals surface area contributed by atoms with E-state index in [-0.39, 0.29) is 5.78 Å². The average molecular weight is 210 g/mol. The Morgan fingerprint density at radius 1 is 1.43 bits per heavy atom. The summed E-state index contributed by atoms with van der Waals surface area (Å²) in [6, 6.07) is 3.44. The van der Waals surface area contributed by atoms with Crippen LogP contribution in [0.1, 0.15) is 27.9 Å². The summed E-state index contributed by atoms with van der Waals surface area (Å²) in [6.45, 7) is 0. The van der Waals surface area contributed by atoms with Crippen LogP contribution in [0.5, 0.6) is 0 Å². The first-order valence-corrected chi connectivity index (χ1v) is 4.63. The Morgan fingerprint density at radius 3 is 2.93 bits per heavy atom. The van der Waals surface area contributed by atoms with Crippen LogP contribution < -0.4 is 0 Å². The average Bonchev–Trinajstić information content (AvgIpc) is 2.50. The summed E-state index contributed by atoms with van der Waals surface area (Å²) in [7, 11) is 0. The highest BCUT2D eigenvalue weighted by molar-refractivity contribution is 6.33. The van der Waals surface area contributed by atoms with E-state index in [1.54, 1.807) is 12.1 Å². The minimum Gasteiger partial charge on any atom is -0.411 e.